The van der Waals surface area contributed by atoms with Crippen molar-refractivity contribution in [2.45, 2.75) is 45.3 Å². The molecule has 14 heteroatoms. The lowest BCUT2D eigenvalue weighted by molar-refractivity contribution is -0.144. The molecule has 0 aliphatic carbocycles. The molecule has 0 fully saturated rings. The van der Waals surface area contributed by atoms with Gasteiger partial charge >= 0.3 is 12.2 Å². The number of thiazole rings is 1. The van der Waals surface area contributed by atoms with Gasteiger partial charge in [0.1, 0.15) is 23.1 Å². The van der Waals surface area contributed by atoms with E-state index in [0.29, 0.717) is 21.6 Å². The van der Waals surface area contributed by atoms with E-state index in [-0.39, 0.29) is 34.2 Å². The number of rotatable bonds is 5. The number of carbonyl (C=O) groups excluding carboxylic acids is 1. The molecule has 3 heterocycles. The summed E-state index contributed by atoms with van der Waals surface area (Å²) in [5.74, 6) is -1.76. The quantitative estimate of drug-likeness (QED) is 0.167. The number of aromatic nitrogens is 3. The maximum atomic E-state index is 15.7. The zero-order chi connectivity index (χ0) is 32.4. The summed E-state index contributed by atoms with van der Waals surface area (Å²) in [6.45, 7) is 6.86. The summed E-state index contributed by atoms with van der Waals surface area (Å²) in [4.78, 5) is 19.0. The number of halogens is 5. The highest BCUT2D eigenvalue weighted by atomic mass is 32.1. The van der Waals surface area contributed by atoms with E-state index >= 15 is 4.39 Å². The number of alkyl halides is 3. The fourth-order valence-corrected chi connectivity index (χ4v) is 6.59. The number of hydrogen-bond acceptors (Lipinski definition) is 6. The molecular weight excluding hydrogens is 615 g/mol. The molecule has 8 nitrogen and oxygen atoms in total. The van der Waals surface area contributed by atoms with Crippen molar-refractivity contribution in [1.82, 2.24) is 14.8 Å². The molecule has 6 rings (SSSR count). The van der Waals surface area contributed by atoms with Crippen molar-refractivity contribution in [3.05, 3.63) is 77.5 Å². The fourth-order valence-electron chi connectivity index (χ4n) is 5.71. The summed E-state index contributed by atoms with van der Waals surface area (Å²) in [6.07, 6.45) is -4.72. The van der Waals surface area contributed by atoms with Gasteiger partial charge in [-0.2, -0.15) is 18.3 Å². The third kappa shape index (κ3) is 5.43. The molecule has 5 aromatic rings. The van der Waals surface area contributed by atoms with Crippen LogP contribution in [0.2, 0.25) is 0 Å². The van der Waals surface area contributed by atoms with Crippen LogP contribution in [0.5, 0.6) is 5.75 Å². The summed E-state index contributed by atoms with van der Waals surface area (Å²) in [5, 5.41) is 20.9. The molecule has 234 valence electrons. The number of nitrogens with zero attached hydrogens (tertiary/aromatic N) is 4. The second-order valence-corrected chi connectivity index (χ2v) is 12.7. The molecule has 0 spiro atoms. The Kier molecular flexibility index (Phi) is 7.22. The number of para-hydroxylation sites is 2. The Balaban J connectivity index is 1.39. The first-order chi connectivity index (χ1) is 21.1. The van der Waals surface area contributed by atoms with E-state index in [1.807, 2.05) is 0 Å². The molecule has 0 atom stereocenters. The first-order valence-corrected chi connectivity index (χ1v) is 14.7. The van der Waals surface area contributed by atoms with Crippen LogP contribution in [0.15, 0.2) is 54.6 Å². The zero-order valence-electron chi connectivity index (χ0n) is 24.4. The van der Waals surface area contributed by atoms with Crippen molar-refractivity contribution >= 4 is 49.8 Å². The Morgan fingerprint density at radius 3 is 2.49 bits per heavy atom. The van der Waals surface area contributed by atoms with Gasteiger partial charge in [-0.3, -0.25) is 10.00 Å². The van der Waals surface area contributed by atoms with Gasteiger partial charge < -0.3 is 15.3 Å². The molecule has 0 saturated carbocycles. The van der Waals surface area contributed by atoms with Crippen molar-refractivity contribution in [3.63, 3.8) is 0 Å². The second-order valence-electron chi connectivity index (χ2n) is 11.6. The van der Waals surface area contributed by atoms with Gasteiger partial charge in [0.25, 0.3) is 0 Å². The van der Waals surface area contributed by atoms with Crippen LogP contribution >= 0.6 is 11.3 Å². The van der Waals surface area contributed by atoms with Crippen molar-refractivity contribution in [1.29, 1.82) is 0 Å². The number of amides is 2. The minimum atomic E-state index is -4.72. The number of anilines is 4. The van der Waals surface area contributed by atoms with E-state index < -0.39 is 46.7 Å². The summed E-state index contributed by atoms with van der Waals surface area (Å²) in [5.41, 5.74) is -0.475. The van der Waals surface area contributed by atoms with Gasteiger partial charge in [-0.15, -0.1) is 0 Å². The number of aromatic hydroxyl groups is 1. The highest BCUT2D eigenvalue weighted by molar-refractivity contribution is 7.22. The lowest BCUT2D eigenvalue weighted by atomic mass is 9.82. The molecule has 1 aliphatic rings. The first-order valence-electron chi connectivity index (χ1n) is 13.9. The molecule has 0 unspecified atom stereocenters. The Labute approximate surface area is 258 Å². The number of hydrogen-bond donors (Lipinski definition) is 3. The van der Waals surface area contributed by atoms with E-state index in [9.17, 15) is 27.5 Å². The minimum Gasteiger partial charge on any atom is -0.506 e. The molecule has 0 radical (unpaired) electrons. The van der Waals surface area contributed by atoms with Gasteiger partial charge in [-0.05, 0) is 55.8 Å². The third-order valence-electron chi connectivity index (χ3n) is 7.52. The van der Waals surface area contributed by atoms with Gasteiger partial charge in [-0.1, -0.05) is 37.3 Å². The van der Waals surface area contributed by atoms with Crippen LogP contribution in [-0.2, 0) is 11.6 Å². The van der Waals surface area contributed by atoms with Crippen LogP contribution in [0.4, 0.5) is 48.9 Å². The summed E-state index contributed by atoms with van der Waals surface area (Å²) in [7, 11) is 0. The number of phenols is 1. The van der Waals surface area contributed by atoms with Crippen molar-refractivity contribution in [3.8, 4) is 17.0 Å². The normalized spacial score (nSPS) is 14.3. The van der Waals surface area contributed by atoms with Crippen LogP contribution in [-0.4, -0.2) is 32.4 Å². The molecule has 2 aromatic heterocycles. The average molecular weight is 643 g/mol. The van der Waals surface area contributed by atoms with Crippen molar-refractivity contribution in [2.24, 2.45) is 0 Å². The molecular formula is C31H27F5N6O2S. The standard InChI is InChI=1S/C31H27F5N6O2S/c1-15(2)42-24(31(34,35)36)13-20(40-42)25-17(33)12-22(43)27-26(25)30(3,4)14-41(27)21-8-6-5-7-18(21)37-28(44)39-29-38-19-10-9-16(32)11-23(19)45-29/h5-13,15,43H,14H2,1-4H3,(H2,37,38,39,44). The van der Waals surface area contributed by atoms with E-state index in [2.05, 4.69) is 20.7 Å². The summed E-state index contributed by atoms with van der Waals surface area (Å²) in [6, 6.07) is 11.2. The Bertz CT molecular complexity index is 1970. The highest BCUT2D eigenvalue weighted by Gasteiger charge is 2.44. The summed E-state index contributed by atoms with van der Waals surface area (Å²) < 4.78 is 72.4. The molecule has 3 N–H and O–H groups in total. The molecule has 1 aliphatic heterocycles. The smallest absolute Gasteiger partial charge is 0.433 e. The molecule has 2 amide bonds. The van der Waals surface area contributed by atoms with Crippen molar-refractivity contribution in [2.75, 3.05) is 22.1 Å². The number of phenolic OH excluding ortho intramolecular Hbond substituents is 1. The van der Waals surface area contributed by atoms with Gasteiger partial charge in [0.2, 0.25) is 0 Å². The van der Waals surface area contributed by atoms with E-state index in [1.165, 1.54) is 18.2 Å². The summed E-state index contributed by atoms with van der Waals surface area (Å²) >= 11 is 1.10. The van der Waals surface area contributed by atoms with Gasteiger partial charge in [0.05, 0.1) is 33.0 Å². The van der Waals surface area contributed by atoms with Gasteiger partial charge in [0.15, 0.2) is 5.13 Å². The monoisotopic (exact) mass is 642 g/mol. The number of urea groups is 1. The predicted octanol–water partition coefficient (Wildman–Crippen LogP) is 8.82. The van der Waals surface area contributed by atoms with Crippen LogP contribution in [0, 0.1) is 11.6 Å². The zero-order valence-corrected chi connectivity index (χ0v) is 25.2. The average Bonchev–Trinajstić information content (AvgIpc) is 3.63. The van der Waals surface area contributed by atoms with Crippen LogP contribution in [0.1, 0.15) is 45.0 Å². The van der Waals surface area contributed by atoms with E-state index in [1.54, 1.807) is 56.9 Å². The van der Waals surface area contributed by atoms with Gasteiger partial charge in [-0.25, -0.2) is 18.6 Å². The predicted molar refractivity (Wildman–Crippen MR) is 163 cm³/mol. The Morgan fingerprint density at radius 2 is 1.80 bits per heavy atom. The number of carbonyl (C=O) groups is 1. The second kappa shape index (κ2) is 10.7. The molecule has 45 heavy (non-hydrogen) atoms. The van der Waals surface area contributed by atoms with E-state index in [4.69, 9.17) is 0 Å². The SMILES string of the molecule is CC(C)n1nc(-c2c(F)cc(O)c3c2C(C)(C)CN3c2ccccc2NC(=O)Nc2nc3ccc(F)cc3s2)cc1C(F)(F)F. The van der Waals surface area contributed by atoms with Crippen LogP contribution in [0.3, 0.4) is 0 Å². The fraction of sp³-hybridized carbons (Fsp3) is 0.258. The first kappa shape index (κ1) is 30.3. The Morgan fingerprint density at radius 1 is 1.07 bits per heavy atom. The highest BCUT2D eigenvalue weighted by Crippen LogP contribution is 2.54. The minimum absolute atomic E-state index is 0.143. The molecule has 3 aromatic carbocycles. The topological polar surface area (TPSA) is 95.3 Å². The largest absolute Gasteiger partial charge is 0.506 e. The maximum Gasteiger partial charge on any atom is 0.433 e. The third-order valence-corrected chi connectivity index (χ3v) is 8.45. The van der Waals surface area contributed by atoms with E-state index in [0.717, 1.165) is 28.2 Å². The lowest BCUT2D eigenvalue weighted by Gasteiger charge is -2.25. The molecule has 0 saturated heterocycles. The lowest BCUT2D eigenvalue weighted by Crippen LogP contribution is -2.27. The van der Waals surface area contributed by atoms with Gasteiger partial charge in [0, 0.05) is 29.6 Å². The molecule has 0 bridgehead atoms. The van der Waals surface area contributed by atoms with Crippen LogP contribution in [0.25, 0.3) is 21.5 Å². The van der Waals surface area contributed by atoms with Crippen molar-refractivity contribution < 1.29 is 31.9 Å². The number of nitrogens with one attached hydrogen (secondary N) is 2. The number of benzene rings is 3. The van der Waals surface area contributed by atoms with Crippen LogP contribution < -0.4 is 15.5 Å². The number of fused-ring (bicyclic) bond motifs is 2. The Hall–Kier alpha value is -4.72. The maximum absolute atomic E-state index is 15.7.